The Morgan fingerprint density at radius 2 is 1.60 bits per heavy atom. The van der Waals surface area contributed by atoms with Crippen molar-refractivity contribution in [1.29, 1.82) is 0 Å². The van der Waals surface area contributed by atoms with Crippen LogP contribution in [0.1, 0.15) is 51.5 Å². The molecule has 0 radical (unpaired) electrons. The molecule has 0 atom stereocenters. The fraction of sp³-hybridized carbons (Fsp3) is 0.667. The van der Waals surface area contributed by atoms with Crippen LogP contribution >= 0.6 is 0 Å². The lowest BCUT2D eigenvalue weighted by Crippen LogP contribution is -2.32. The summed E-state index contributed by atoms with van der Waals surface area (Å²) >= 11 is 0. The first-order valence-corrected chi connectivity index (χ1v) is 9.07. The van der Waals surface area contributed by atoms with E-state index in [0.717, 1.165) is 0 Å². The summed E-state index contributed by atoms with van der Waals surface area (Å²) in [7, 11) is -3.92. The summed E-state index contributed by atoms with van der Waals surface area (Å²) in [5.41, 5.74) is 1.46. The third-order valence-electron chi connectivity index (χ3n) is 2.77. The first kappa shape index (κ1) is 19.1. The summed E-state index contributed by atoms with van der Waals surface area (Å²) in [5, 5.41) is 0. The van der Waals surface area contributed by atoms with Gasteiger partial charge in [0, 0.05) is 24.8 Å². The molecular weight excluding hydrogens is 274 g/mol. The zero-order valence-corrected chi connectivity index (χ0v) is 13.7. The van der Waals surface area contributed by atoms with Gasteiger partial charge in [-0.1, -0.05) is 33.1 Å². The number of unbranched alkanes of at least 4 members (excludes halogenated alkanes) is 3. The van der Waals surface area contributed by atoms with Crippen LogP contribution in [0.5, 0.6) is 0 Å². The van der Waals surface area contributed by atoms with Crippen molar-refractivity contribution in [2.24, 2.45) is 0 Å². The molecule has 116 valence electrons. The van der Waals surface area contributed by atoms with E-state index in [1.807, 2.05) is 0 Å². The van der Waals surface area contributed by atoms with Crippen molar-refractivity contribution in [1.82, 2.24) is 0 Å². The van der Waals surface area contributed by atoms with E-state index in [0.29, 0.717) is 6.26 Å². The highest BCUT2D eigenvalue weighted by atomic mass is 32.2. The van der Waals surface area contributed by atoms with Crippen molar-refractivity contribution in [3.05, 3.63) is 30.1 Å². The molecule has 5 heteroatoms. The summed E-state index contributed by atoms with van der Waals surface area (Å²) in [6, 6.07) is 4.51. The third-order valence-corrected chi connectivity index (χ3v) is 2.77. The van der Waals surface area contributed by atoms with Crippen LogP contribution in [0.15, 0.2) is 24.5 Å². The third kappa shape index (κ3) is 13.5. The Morgan fingerprint density at radius 3 is 2.05 bits per heavy atom. The standard InChI is InChI=1S/C14H24N.CH4O3S/c1-3-5-6-7-11-15-12-9-14(8-4-2)10-13-15;1-5(2,3)4/h9-10,12-13H,3-8,11H2,1-2H3;1H3,(H,2,3,4)/q+1;/p-1. The van der Waals surface area contributed by atoms with Crippen molar-refractivity contribution < 1.29 is 17.5 Å². The smallest absolute Gasteiger partial charge is 0.169 e. The normalized spacial score (nSPS) is 10.8. The first-order chi connectivity index (χ1) is 9.36. The highest BCUT2D eigenvalue weighted by Crippen LogP contribution is 2.01. The number of pyridine rings is 1. The van der Waals surface area contributed by atoms with Crippen molar-refractivity contribution >= 4 is 10.1 Å². The molecule has 0 unspecified atom stereocenters. The summed E-state index contributed by atoms with van der Waals surface area (Å²) in [5.74, 6) is 0. The molecule has 0 amide bonds. The van der Waals surface area contributed by atoms with Gasteiger partial charge in [0.1, 0.15) is 6.54 Å². The van der Waals surface area contributed by atoms with Gasteiger partial charge in [-0.25, -0.2) is 13.0 Å². The molecule has 0 N–H and O–H groups in total. The van der Waals surface area contributed by atoms with Gasteiger partial charge in [0.25, 0.3) is 0 Å². The number of nitrogens with zero attached hydrogens (tertiary/aromatic N) is 1. The van der Waals surface area contributed by atoms with Crippen molar-refractivity contribution in [2.45, 2.75) is 58.9 Å². The van der Waals surface area contributed by atoms with Gasteiger partial charge in [-0.2, -0.15) is 0 Å². The van der Waals surface area contributed by atoms with E-state index in [1.165, 1.54) is 50.6 Å². The van der Waals surface area contributed by atoms with E-state index in [9.17, 15) is 0 Å². The Labute approximate surface area is 123 Å². The minimum atomic E-state index is -3.92. The summed E-state index contributed by atoms with van der Waals surface area (Å²) in [6.07, 6.45) is 12.8. The molecule has 0 fully saturated rings. The number of hydrogen-bond acceptors (Lipinski definition) is 3. The Hall–Kier alpha value is -0.940. The lowest BCUT2D eigenvalue weighted by Gasteiger charge is -1.99. The van der Waals surface area contributed by atoms with Crippen LogP contribution < -0.4 is 4.57 Å². The Morgan fingerprint density at radius 1 is 1.05 bits per heavy atom. The molecule has 0 spiro atoms. The second-order valence-electron chi connectivity index (χ2n) is 4.96. The van der Waals surface area contributed by atoms with Gasteiger partial charge in [-0.3, -0.25) is 0 Å². The van der Waals surface area contributed by atoms with E-state index in [2.05, 4.69) is 42.9 Å². The number of hydrogen-bond donors (Lipinski definition) is 0. The lowest BCUT2D eigenvalue weighted by molar-refractivity contribution is -0.697. The van der Waals surface area contributed by atoms with E-state index < -0.39 is 10.1 Å². The molecule has 1 heterocycles. The Balaban J connectivity index is 0.000000621. The monoisotopic (exact) mass is 301 g/mol. The maximum atomic E-state index is 9.08. The van der Waals surface area contributed by atoms with Crippen molar-refractivity contribution in [2.75, 3.05) is 6.26 Å². The zero-order valence-electron chi connectivity index (χ0n) is 12.8. The molecule has 20 heavy (non-hydrogen) atoms. The van der Waals surface area contributed by atoms with Crippen LogP contribution in [0, 0.1) is 0 Å². The molecule has 0 aliphatic carbocycles. The molecule has 0 aliphatic rings. The van der Waals surface area contributed by atoms with Crippen LogP contribution in [0.3, 0.4) is 0 Å². The fourth-order valence-electron chi connectivity index (χ4n) is 1.81. The molecule has 1 rings (SSSR count). The van der Waals surface area contributed by atoms with Crippen LogP contribution in [0.25, 0.3) is 0 Å². The minimum absolute atomic E-state index is 0.604. The van der Waals surface area contributed by atoms with Gasteiger partial charge in [-0.15, -0.1) is 0 Å². The quantitative estimate of drug-likeness (QED) is 0.442. The molecule has 0 aromatic carbocycles. The predicted octanol–water partition coefficient (Wildman–Crippen LogP) is 2.67. The summed E-state index contributed by atoms with van der Waals surface area (Å²) < 4.78 is 29.5. The van der Waals surface area contributed by atoms with Crippen LogP contribution in [-0.4, -0.2) is 19.2 Å². The highest BCUT2D eigenvalue weighted by molar-refractivity contribution is 7.84. The van der Waals surface area contributed by atoms with Gasteiger partial charge in [0.15, 0.2) is 12.4 Å². The maximum absolute atomic E-state index is 9.08. The number of rotatable bonds is 7. The lowest BCUT2D eigenvalue weighted by atomic mass is 10.1. The number of aromatic nitrogens is 1. The number of aryl methyl sites for hydroxylation is 2. The molecule has 0 bridgehead atoms. The molecule has 0 saturated carbocycles. The second kappa shape index (κ2) is 10.8. The SMILES string of the molecule is CCCCCC[n+]1ccc(CCC)cc1.CS(=O)(=O)[O-]. The van der Waals surface area contributed by atoms with Crippen LogP contribution in [0.2, 0.25) is 0 Å². The molecule has 1 aromatic heterocycles. The minimum Gasteiger partial charge on any atom is -0.748 e. The molecule has 4 nitrogen and oxygen atoms in total. The highest BCUT2D eigenvalue weighted by Gasteiger charge is 1.99. The maximum Gasteiger partial charge on any atom is 0.169 e. The first-order valence-electron chi connectivity index (χ1n) is 7.25. The van der Waals surface area contributed by atoms with Gasteiger partial charge < -0.3 is 4.55 Å². The van der Waals surface area contributed by atoms with Gasteiger partial charge >= 0.3 is 0 Å². The van der Waals surface area contributed by atoms with Crippen molar-refractivity contribution in [3.63, 3.8) is 0 Å². The van der Waals surface area contributed by atoms with Crippen LogP contribution in [0.4, 0.5) is 0 Å². The molecule has 0 saturated heterocycles. The summed E-state index contributed by atoms with van der Waals surface area (Å²) in [4.78, 5) is 0. The average molecular weight is 301 g/mol. The van der Waals surface area contributed by atoms with E-state index in [-0.39, 0.29) is 0 Å². The predicted molar refractivity (Wildman–Crippen MR) is 80.4 cm³/mol. The fourth-order valence-corrected chi connectivity index (χ4v) is 1.81. The molecule has 0 aliphatic heterocycles. The summed E-state index contributed by atoms with van der Waals surface area (Å²) in [6.45, 7) is 5.66. The molecule has 1 aromatic rings. The largest absolute Gasteiger partial charge is 0.748 e. The Kier molecular flexibility index (Phi) is 10.3. The molecular formula is C15H27NO3S. The van der Waals surface area contributed by atoms with E-state index in [4.69, 9.17) is 13.0 Å². The second-order valence-corrected chi connectivity index (χ2v) is 6.37. The van der Waals surface area contributed by atoms with Crippen molar-refractivity contribution in [3.8, 4) is 0 Å². The van der Waals surface area contributed by atoms with E-state index in [1.54, 1.807) is 0 Å². The average Bonchev–Trinajstić information content (AvgIpc) is 2.35. The topological polar surface area (TPSA) is 61.1 Å². The van der Waals surface area contributed by atoms with Gasteiger partial charge in [0.05, 0.1) is 10.1 Å². The van der Waals surface area contributed by atoms with Crippen LogP contribution in [-0.2, 0) is 23.1 Å². The zero-order chi connectivity index (χ0) is 15.4. The van der Waals surface area contributed by atoms with E-state index >= 15 is 0 Å². The Bertz CT molecular complexity index is 433. The van der Waals surface area contributed by atoms with Gasteiger partial charge in [0.2, 0.25) is 0 Å². The van der Waals surface area contributed by atoms with Gasteiger partial charge in [-0.05, 0) is 18.4 Å².